The van der Waals surface area contributed by atoms with Gasteiger partial charge in [-0.05, 0) is 43.9 Å². The molecule has 0 heterocycles. The van der Waals surface area contributed by atoms with Crippen LogP contribution in [0.25, 0.3) is 0 Å². The first-order valence-corrected chi connectivity index (χ1v) is 9.61. The van der Waals surface area contributed by atoms with Gasteiger partial charge in [-0.15, -0.1) is 0 Å². The minimum Gasteiger partial charge on any atom is -0.369 e. The molecule has 26 heavy (non-hydrogen) atoms. The number of hydrogen-bond donors (Lipinski definition) is 1. The highest BCUT2D eigenvalue weighted by Gasteiger charge is 2.38. The van der Waals surface area contributed by atoms with E-state index in [4.69, 9.17) is 17.3 Å². The van der Waals surface area contributed by atoms with Crippen molar-refractivity contribution in [3.63, 3.8) is 0 Å². The van der Waals surface area contributed by atoms with Crippen molar-refractivity contribution in [2.45, 2.75) is 51.6 Å². The van der Waals surface area contributed by atoms with E-state index in [1.807, 2.05) is 37.3 Å². The van der Waals surface area contributed by atoms with Crippen molar-refractivity contribution in [2.24, 2.45) is 5.73 Å². The first kappa shape index (κ1) is 20.5. The van der Waals surface area contributed by atoms with E-state index >= 15 is 0 Å². The summed E-state index contributed by atoms with van der Waals surface area (Å²) in [6.45, 7) is 7.98. The molecule has 0 radical (unpaired) electrons. The Kier molecular flexibility index (Phi) is 7.24. The van der Waals surface area contributed by atoms with Crippen LogP contribution in [-0.2, 0) is 16.8 Å². The lowest BCUT2D eigenvalue weighted by Crippen LogP contribution is -2.44. The predicted octanol–water partition coefficient (Wildman–Crippen LogP) is 4.77. The molecule has 2 rings (SSSR count). The van der Waals surface area contributed by atoms with E-state index in [9.17, 15) is 4.79 Å². The highest BCUT2D eigenvalue weighted by molar-refractivity contribution is 6.31. The van der Waals surface area contributed by atoms with E-state index < -0.39 is 5.41 Å². The molecule has 1 amide bonds. The van der Waals surface area contributed by atoms with Gasteiger partial charge in [-0.2, -0.15) is 0 Å². The Morgan fingerprint density at radius 2 is 1.73 bits per heavy atom. The van der Waals surface area contributed by atoms with Gasteiger partial charge < -0.3 is 5.73 Å². The second kappa shape index (κ2) is 9.20. The summed E-state index contributed by atoms with van der Waals surface area (Å²) in [6, 6.07) is 18.3. The van der Waals surface area contributed by atoms with Gasteiger partial charge in [0, 0.05) is 24.2 Å². The Hall–Kier alpha value is -1.84. The zero-order valence-corrected chi connectivity index (χ0v) is 16.7. The third-order valence-corrected chi connectivity index (χ3v) is 5.58. The van der Waals surface area contributed by atoms with Gasteiger partial charge in [0.1, 0.15) is 0 Å². The summed E-state index contributed by atoms with van der Waals surface area (Å²) in [5.41, 5.74) is 7.23. The summed E-state index contributed by atoms with van der Waals surface area (Å²) in [6.07, 6.45) is 1.27. The molecular weight excluding hydrogens is 344 g/mol. The van der Waals surface area contributed by atoms with E-state index in [1.165, 1.54) is 5.56 Å². The van der Waals surface area contributed by atoms with E-state index in [-0.39, 0.29) is 5.91 Å². The molecule has 3 nitrogen and oxygen atoms in total. The van der Waals surface area contributed by atoms with Gasteiger partial charge in [-0.25, -0.2) is 0 Å². The minimum atomic E-state index is -0.748. The number of carbonyl (C=O) groups is 1. The molecule has 0 aliphatic heterocycles. The first-order chi connectivity index (χ1) is 12.4. The Morgan fingerprint density at radius 1 is 1.12 bits per heavy atom. The highest BCUT2D eigenvalue weighted by atomic mass is 35.5. The largest absolute Gasteiger partial charge is 0.369 e. The second-order valence-electron chi connectivity index (χ2n) is 7.08. The van der Waals surface area contributed by atoms with E-state index in [2.05, 4.69) is 43.0 Å². The van der Waals surface area contributed by atoms with Crippen molar-refractivity contribution in [2.75, 3.05) is 6.54 Å². The Morgan fingerprint density at radius 3 is 2.27 bits per heavy atom. The van der Waals surface area contributed by atoms with Crippen molar-refractivity contribution < 1.29 is 4.79 Å². The summed E-state index contributed by atoms with van der Waals surface area (Å²) in [4.78, 5) is 14.9. The summed E-state index contributed by atoms with van der Waals surface area (Å²) >= 11 is 6.42. The number of amides is 1. The molecule has 0 saturated heterocycles. The molecule has 0 aliphatic carbocycles. The van der Waals surface area contributed by atoms with Gasteiger partial charge in [0.15, 0.2) is 0 Å². The monoisotopic (exact) mass is 372 g/mol. The number of primary amides is 1. The van der Waals surface area contributed by atoms with Gasteiger partial charge in [-0.3, -0.25) is 9.69 Å². The van der Waals surface area contributed by atoms with Crippen LogP contribution in [0.4, 0.5) is 0 Å². The Labute approximate surface area is 162 Å². The smallest absolute Gasteiger partial charge is 0.228 e. The average Bonchev–Trinajstić information content (AvgIpc) is 2.63. The molecule has 2 N–H and O–H groups in total. The number of benzene rings is 2. The molecule has 1 atom stereocenters. The van der Waals surface area contributed by atoms with Gasteiger partial charge >= 0.3 is 0 Å². The standard InChI is InChI=1S/C22H29ClN2O/c1-4-22(21(24)26,19-12-8-9-13-20(19)23)14-15-25(17(2)3)16-18-10-6-5-7-11-18/h5-13,17H,4,14-16H2,1-3H3,(H2,24,26). The fourth-order valence-electron chi connectivity index (χ4n) is 3.45. The molecule has 0 aliphatic rings. The maximum atomic E-state index is 12.5. The summed E-state index contributed by atoms with van der Waals surface area (Å²) in [7, 11) is 0. The maximum absolute atomic E-state index is 12.5. The van der Waals surface area contributed by atoms with Crippen molar-refractivity contribution in [3.05, 3.63) is 70.7 Å². The molecule has 140 valence electrons. The molecule has 0 fully saturated rings. The lowest BCUT2D eigenvalue weighted by molar-refractivity contribution is -0.124. The predicted molar refractivity (Wildman–Crippen MR) is 109 cm³/mol. The Balaban J connectivity index is 2.25. The lowest BCUT2D eigenvalue weighted by atomic mass is 9.74. The fourth-order valence-corrected chi connectivity index (χ4v) is 3.77. The zero-order valence-electron chi connectivity index (χ0n) is 15.9. The molecule has 4 heteroatoms. The van der Waals surface area contributed by atoms with Crippen LogP contribution in [0.3, 0.4) is 0 Å². The number of halogens is 1. The van der Waals surface area contributed by atoms with Crippen LogP contribution in [0.2, 0.25) is 5.02 Å². The second-order valence-corrected chi connectivity index (χ2v) is 7.49. The van der Waals surface area contributed by atoms with Crippen LogP contribution in [0.15, 0.2) is 54.6 Å². The van der Waals surface area contributed by atoms with Crippen LogP contribution in [0.5, 0.6) is 0 Å². The molecule has 0 aromatic heterocycles. The van der Waals surface area contributed by atoms with Crippen molar-refractivity contribution in [3.8, 4) is 0 Å². The van der Waals surface area contributed by atoms with Gasteiger partial charge in [0.05, 0.1) is 5.41 Å². The molecule has 2 aromatic carbocycles. The lowest BCUT2D eigenvalue weighted by Gasteiger charge is -2.35. The zero-order chi connectivity index (χ0) is 19.2. The summed E-state index contributed by atoms with van der Waals surface area (Å²) in [5.74, 6) is -0.309. The minimum absolute atomic E-state index is 0.309. The highest BCUT2D eigenvalue weighted by Crippen LogP contribution is 2.36. The molecule has 0 spiro atoms. The van der Waals surface area contributed by atoms with Crippen LogP contribution < -0.4 is 5.73 Å². The quantitative estimate of drug-likeness (QED) is 0.688. The number of carbonyl (C=O) groups excluding carboxylic acids is 1. The summed E-state index contributed by atoms with van der Waals surface area (Å²) < 4.78 is 0. The van der Waals surface area contributed by atoms with Crippen molar-refractivity contribution >= 4 is 17.5 Å². The topological polar surface area (TPSA) is 46.3 Å². The van der Waals surface area contributed by atoms with Crippen LogP contribution in [0, 0.1) is 0 Å². The Bertz CT molecular complexity index is 717. The van der Waals surface area contributed by atoms with Crippen molar-refractivity contribution in [1.29, 1.82) is 0 Å². The third-order valence-electron chi connectivity index (χ3n) is 5.25. The molecule has 1 unspecified atom stereocenters. The van der Waals surface area contributed by atoms with E-state index in [0.717, 1.165) is 18.7 Å². The van der Waals surface area contributed by atoms with E-state index in [0.29, 0.717) is 23.9 Å². The van der Waals surface area contributed by atoms with Gasteiger partial charge in [-0.1, -0.05) is 67.1 Å². The van der Waals surface area contributed by atoms with Crippen LogP contribution >= 0.6 is 11.6 Å². The molecule has 2 aromatic rings. The molecular formula is C22H29ClN2O. The average molecular weight is 373 g/mol. The van der Waals surface area contributed by atoms with Crippen LogP contribution in [-0.4, -0.2) is 23.4 Å². The van der Waals surface area contributed by atoms with Gasteiger partial charge in [0.25, 0.3) is 0 Å². The van der Waals surface area contributed by atoms with E-state index in [1.54, 1.807) is 0 Å². The number of nitrogens with two attached hydrogens (primary N) is 1. The van der Waals surface area contributed by atoms with Crippen LogP contribution in [0.1, 0.15) is 44.7 Å². The normalized spacial score (nSPS) is 13.8. The molecule has 0 saturated carbocycles. The SMILES string of the molecule is CCC(CCN(Cc1ccccc1)C(C)C)(C(N)=O)c1ccccc1Cl. The third kappa shape index (κ3) is 4.66. The number of nitrogens with zero attached hydrogens (tertiary/aromatic N) is 1. The number of hydrogen-bond acceptors (Lipinski definition) is 2. The summed E-state index contributed by atoms with van der Waals surface area (Å²) in [5, 5.41) is 0.604. The van der Waals surface area contributed by atoms with Crippen molar-refractivity contribution in [1.82, 2.24) is 4.90 Å². The van der Waals surface area contributed by atoms with Gasteiger partial charge in [0.2, 0.25) is 5.91 Å². The first-order valence-electron chi connectivity index (χ1n) is 9.23. The molecule has 0 bridgehead atoms. The maximum Gasteiger partial charge on any atom is 0.228 e. The fraction of sp³-hybridized carbons (Fsp3) is 0.409. The number of rotatable bonds is 9.